The lowest BCUT2D eigenvalue weighted by Gasteiger charge is -2.32. The molecule has 0 saturated heterocycles. The van der Waals surface area contributed by atoms with E-state index in [1.807, 2.05) is 12.1 Å². The first kappa shape index (κ1) is 13.5. The van der Waals surface area contributed by atoms with Crippen LogP contribution in [0.5, 0.6) is 17.2 Å². The van der Waals surface area contributed by atoms with E-state index in [-0.39, 0.29) is 5.75 Å². The summed E-state index contributed by atoms with van der Waals surface area (Å²) in [5.41, 5.74) is 5.86. The smallest absolute Gasteiger partial charge is 0.165 e. The summed E-state index contributed by atoms with van der Waals surface area (Å²) in [7, 11) is 3.28. The molecule has 1 aliphatic carbocycles. The van der Waals surface area contributed by atoms with Crippen molar-refractivity contribution in [3.63, 3.8) is 0 Å². The van der Waals surface area contributed by atoms with E-state index in [1.165, 1.54) is 16.7 Å². The fraction of sp³-hybridized carbons (Fsp3) is 0.333. The molecule has 0 aromatic heterocycles. The van der Waals surface area contributed by atoms with E-state index in [0.29, 0.717) is 11.8 Å². The minimum Gasteiger partial charge on any atom is -0.504 e. The van der Waals surface area contributed by atoms with Crippen LogP contribution in [0, 0.1) is 0 Å². The second-order valence-electron chi connectivity index (χ2n) is 5.98. The number of nitrogens with two attached hydrogens (primary N) is 1. The van der Waals surface area contributed by atoms with Gasteiger partial charge in [0.05, 0.1) is 20.8 Å². The highest BCUT2D eigenvalue weighted by Crippen LogP contribution is 2.48. The van der Waals surface area contributed by atoms with Crippen molar-refractivity contribution in [3.8, 4) is 28.4 Å². The van der Waals surface area contributed by atoms with E-state index in [1.54, 1.807) is 14.2 Å². The molecular weight excluding hydrogens is 278 g/mol. The third-order valence-corrected chi connectivity index (χ3v) is 4.87. The minimum atomic E-state index is 0.236. The van der Waals surface area contributed by atoms with Crippen molar-refractivity contribution < 1.29 is 19.9 Å². The topological polar surface area (TPSA) is 55.3 Å². The van der Waals surface area contributed by atoms with Gasteiger partial charge in [-0.25, -0.2) is 0 Å². The number of rotatable bonds is 2. The number of phenolic OH excluding ortho intramolecular Hbond substituents is 1. The third kappa shape index (κ3) is 1.80. The van der Waals surface area contributed by atoms with Crippen molar-refractivity contribution in [1.29, 1.82) is 0 Å². The molecule has 4 nitrogen and oxygen atoms in total. The number of benzene rings is 2. The molecule has 2 aromatic rings. The molecule has 2 aromatic carbocycles. The molecule has 0 saturated carbocycles. The van der Waals surface area contributed by atoms with E-state index >= 15 is 0 Å². The number of fused-ring (bicyclic) bond motifs is 2. The van der Waals surface area contributed by atoms with Crippen LogP contribution in [0.4, 0.5) is 0 Å². The molecule has 0 radical (unpaired) electrons. The minimum absolute atomic E-state index is 0.236. The van der Waals surface area contributed by atoms with Crippen LogP contribution >= 0.6 is 0 Å². The number of quaternary nitrogens is 1. The summed E-state index contributed by atoms with van der Waals surface area (Å²) < 4.78 is 10.8. The molecule has 2 aliphatic rings. The van der Waals surface area contributed by atoms with Gasteiger partial charge >= 0.3 is 0 Å². The maximum Gasteiger partial charge on any atom is 0.165 e. The molecule has 0 amide bonds. The van der Waals surface area contributed by atoms with Crippen molar-refractivity contribution >= 4 is 0 Å². The number of hydrogen-bond donors (Lipinski definition) is 2. The second kappa shape index (κ2) is 4.92. The highest BCUT2D eigenvalue weighted by atomic mass is 16.5. The second-order valence-corrected chi connectivity index (χ2v) is 5.98. The normalized spacial score (nSPS) is 18.4. The van der Waals surface area contributed by atoms with Gasteiger partial charge in [-0.2, -0.15) is 0 Å². The molecule has 1 atom stereocenters. The zero-order chi connectivity index (χ0) is 15.3. The summed E-state index contributed by atoms with van der Waals surface area (Å²) in [5.74, 6) is 1.61. The van der Waals surface area contributed by atoms with Crippen LogP contribution in [0.25, 0.3) is 11.1 Å². The van der Waals surface area contributed by atoms with Crippen LogP contribution < -0.4 is 14.8 Å². The lowest BCUT2D eigenvalue weighted by Crippen LogP contribution is -2.87. The lowest BCUT2D eigenvalue weighted by atomic mass is 9.77. The number of methoxy groups -OCH3 is 2. The molecule has 1 aliphatic heterocycles. The maximum atomic E-state index is 10.6. The zero-order valence-electron chi connectivity index (χ0n) is 12.8. The van der Waals surface area contributed by atoms with Crippen LogP contribution in [0.3, 0.4) is 0 Å². The number of phenols is 1. The van der Waals surface area contributed by atoms with Gasteiger partial charge in [0.15, 0.2) is 11.5 Å². The first-order valence-electron chi connectivity index (χ1n) is 7.66. The first-order chi connectivity index (χ1) is 10.7. The molecule has 0 spiro atoms. The number of ether oxygens (including phenoxy) is 2. The van der Waals surface area contributed by atoms with Crippen LogP contribution in [0.15, 0.2) is 24.3 Å². The zero-order valence-corrected chi connectivity index (χ0v) is 12.8. The van der Waals surface area contributed by atoms with E-state index in [0.717, 1.165) is 36.3 Å². The molecule has 4 rings (SSSR count). The Kier molecular flexibility index (Phi) is 3.01. The van der Waals surface area contributed by atoms with Crippen molar-refractivity contribution in [2.24, 2.45) is 0 Å². The van der Waals surface area contributed by atoms with Gasteiger partial charge in [-0.15, -0.1) is 0 Å². The molecule has 0 bridgehead atoms. The van der Waals surface area contributed by atoms with Gasteiger partial charge in [-0.1, -0.05) is 6.07 Å². The molecule has 0 unspecified atom stereocenters. The summed E-state index contributed by atoms with van der Waals surface area (Å²) in [6, 6.07) is 8.54. The average molecular weight is 298 g/mol. The van der Waals surface area contributed by atoms with Crippen molar-refractivity contribution in [2.75, 3.05) is 20.8 Å². The number of aromatic hydroxyl groups is 1. The van der Waals surface area contributed by atoms with Crippen molar-refractivity contribution in [2.45, 2.75) is 18.9 Å². The Morgan fingerprint density at radius 3 is 2.77 bits per heavy atom. The molecule has 1 heterocycles. The third-order valence-electron chi connectivity index (χ3n) is 4.87. The van der Waals surface area contributed by atoms with Gasteiger partial charge in [-0.05, 0) is 34.9 Å². The van der Waals surface area contributed by atoms with E-state index in [2.05, 4.69) is 17.4 Å². The molecular formula is C18H20NO3+. The summed E-state index contributed by atoms with van der Waals surface area (Å²) >= 11 is 0. The monoisotopic (exact) mass is 298 g/mol. The predicted octanol–water partition coefficient (Wildman–Crippen LogP) is 1.79. The van der Waals surface area contributed by atoms with Gasteiger partial charge < -0.3 is 19.9 Å². The highest BCUT2D eigenvalue weighted by Gasteiger charge is 2.34. The number of hydrogen-bond acceptors (Lipinski definition) is 3. The SMILES string of the molecule is COc1cc2c3c(c1)-c1c(ccc(OC)c1O)C[C@H]3[NH2+]CC2. The van der Waals surface area contributed by atoms with Crippen molar-refractivity contribution in [1.82, 2.24) is 0 Å². The van der Waals surface area contributed by atoms with Gasteiger partial charge in [0, 0.05) is 24.0 Å². The van der Waals surface area contributed by atoms with Gasteiger partial charge in [0.25, 0.3) is 0 Å². The van der Waals surface area contributed by atoms with E-state index in [9.17, 15) is 5.11 Å². The van der Waals surface area contributed by atoms with Crippen LogP contribution in [0.2, 0.25) is 0 Å². The first-order valence-corrected chi connectivity index (χ1v) is 7.66. The Morgan fingerprint density at radius 1 is 1.14 bits per heavy atom. The summed E-state index contributed by atoms with van der Waals surface area (Å²) in [4.78, 5) is 0. The molecule has 114 valence electrons. The Hall–Kier alpha value is -2.20. The Labute approximate surface area is 129 Å². The highest BCUT2D eigenvalue weighted by molar-refractivity contribution is 5.83. The summed E-state index contributed by atoms with van der Waals surface area (Å²) in [6.45, 7) is 1.10. The van der Waals surface area contributed by atoms with Crippen LogP contribution in [0.1, 0.15) is 22.7 Å². The Bertz CT molecular complexity index is 754. The predicted molar refractivity (Wildman–Crippen MR) is 83.6 cm³/mol. The Balaban J connectivity index is 2.03. The summed E-state index contributed by atoms with van der Waals surface area (Å²) in [6.07, 6.45) is 1.98. The van der Waals surface area contributed by atoms with Gasteiger partial charge in [0.2, 0.25) is 0 Å². The van der Waals surface area contributed by atoms with E-state index in [4.69, 9.17) is 9.47 Å². The largest absolute Gasteiger partial charge is 0.504 e. The fourth-order valence-electron chi connectivity index (χ4n) is 3.88. The standard InChI is InChI=1S/C18H19NO3/c1-21-12-7-11-5-6-19-14-8-10-3-4-15(22-2)18(20)17(10)13(9-12)16(11)14/h3-4,7,9,14,19-20H,5-6,8H2,1-2H3/p+1/t14-/m1/s1. The average Bonchev–Trinajstić information content (AvgIpc) is 2.55. The quantitative estimate of drug-likeness (QED) is 0.889. The lowest BCUT2D eigenvalue weighted by molar-refractivity contribution is -0.698. The molecule has 3 N–H and O–H groups in total. The molecule has 4 heteroatoms. The van der Waals surface area contributed by atoms with Gasteiger partial charge in [-0.3, -0.25) is 0 Å². The fourth-order valence-corrected chi connectivity index (χ4v) is 3.88. The van der Waals surface area contributed by atoms with Gasteiger partial charge in [0.1, 0.15) is 11.8 Å². The Morgan fingerprint density at radius 2 is 2.00 bits per heavy atom. The molecule has 22 heavy (non-hydrogen) atoms. The van der Waals surface area contributed by atoms with E-state index < -0.39 is 0 Å². The van der Waals surface area contributed by atoms with Crippen LogP contribution in [-0.4, -0.2) is 25.9 Å². The molecule has 0 fully saturated rings. The van der Waals surface area contributed by atoms with Crippen molar-refractivity contribution in [3.05, 3.63) is 41.0 Å². The summed E-state index contributed by atoms with van der Waals surface area (Å²) in [5, 5.41) is 13.0. The van der Waals surface area contributed by atoms with Crippen LogP contribution in [-0.2, 0) is 12.8 Å². The maximum absolute atomic E-state index is 10.6.